The highest BCUT2D eigenvalue weighted by Gasteiger charge is 2.33. The lowest BCUT2D eigenvalue weighted by molar-refractivity contribution is 0.920. The summed E-state index contributed by atoms with van der Waals surface area (Å²) in [6.45, 7) is 0. The van der Waals surface area contributed by atoms with E-state index in [9.17, 15) is 0 Å². The van der Waals surface area contributed by atoms with E-state index in [2.05, 4.69) is 29.2 Å². The van der Waals surface area contributed by atoms with Crippen LogP contribution < -0.4 is 11.5 Å². The average molecular weight is 456 g/mol. The van der Waals surface area contributed by atoms with Crippen LogP contribution in [-0.4, -0.2) is 25.8 Å². The SMILES string of the molecule is Nc1[nH]c(N)c2c1/C(=N\n1ccc3ccccc31)c1ccccc1/C2=N\n1ccc2ccccc21. The van der Waals surface area contributed by atoms with Crippen molar-refractivity contribution < 1.29 is 0 Å². The first-order chi connectivity index (χ1) is 17.2. The number of benzene rings is 3. The van der Waals surface area contributed by atoms with Crippen LogP contribution in [0.25, 0.3) is 21.8 Å². The van der Waals surface area contributed by atoms with Gasteiger partial charge in [0, 0.05) is 34.3 Å². The van der Waals surface area contributed by atoms with Crippen molar-refractivity contribution in [1.82, 2.24) is 14.3 Å². The molecule has 0 saturated carbocycles. The molecule has 3 aromatic carbocycles. The van der Waals surface area contributed by atoms with Gasteiger partial charge in [0.2, 0.25) is 0 Å². The van der Waals surface area contributed by atoms with Crippen molar-refractivity contribution in [3.63, 3.8) is 0 Å². The molecule has 0 fully saturated rings. The Labute approximate surface area is 200 Å². The quantitative estimate of drug-likeness (QED) is 0.341. The van der Waals surface area contributed by atoms with Gasteiger partial charge in [0.25, 0.3) is 0 Å². The highest BCUT2D eigenvalue weighted by atomic mass is 15.4. The summed E-state index contributed by atoms with van der Waals surface area (Å²) in [7, 11) is 0. The minimum Gasteiger partial charge on any atom is -0.385 e. The summed E-state index contributed by atoms with van der Waals surface area (Å²) in [5, 5.41) is 12.4. The maximum atomic E-state index is 6.49. The molecule has 7 heteroatoms. The molecule has 5 N–H and O–H groups in total. The number of anilines is 2. The first-order valence-electron chi connectivity index (χ1n) is 11.4. The van der Waals surface area contributed by atoms with Crippen LogP contribution in [0, 0.1) is 0 Å². The van der Waals surface area contributed by atoms with Gasteiger partial charge in [-0.2, -0.15) is 10.2 Å². The Balaban J connectivity index is 1.52. The molecule has 3 heterocycles. The van der Waals surface area contributed by atoms with Crippen LogP contribution >= 0.6 is 0 Å². The van der Waals surface area contributed by atoms with Crippen LogP contribution in [0.3, 0.4) is 0 Å². The van der Waals surface area contributed by atoms with Gasteiger partial charge in [0.1, 0.15) is 23.1 Å². The van der Waals surface area contributed by atoms with Crippen molar-refractivity contribution in [2.24, 2.45) is 10.2 Å². The van der Waals surface area contributed by atoms with E-state index in [4.69, 9.17) is 21.7 Å². The van der Waals surface area contributed by atoms with Gasteiger partial charge in [-0.3, -0.25) is 0 Å². The number of nitrogens with zero attached hydrogens (tertiary/aromatic N) is 4. The number of nitrogen functional groups attached to an aromatic ring is 2. The van der Waals surface area contributed by atoms with Gasteiger partial charge >= 0.3 is 0 Å². The minimum absolute atomic E-state index is 0.465. The second kappa shape index (κ2) is 7.23. The molecule has 3 aromatic heterocycles. The summed E-state index contributed by atoms with van der Waals surface area (Å²) in [6.07, 6.45) is 3.92. The number of para-hydroxylation sites is 2. The molecule has 168 valence electrons. The fourth-order valence-electron chi connectivity index (χ4n) is 4.93. The lowest BCUT2D eigenvalue weighted by Crippen LogP contribution is -2.24. The molecule has 0 amide bonds. The van der Waals surface area contributed by atoms with Gasteiger partial charge in [-0.05, 0) is 24.3 Å². The van der Waals surface area contributed by atoms with Gasteiger partial charge in [-0.15, -0.1) is 0 Å². The lowest BCUT2D eigenvalue weighted by atomic mass is 9.84. The van der Waals surface area contributed by atoms with Crippen LogP contribution in [0.15, 0.2) is 108 Å². The summed E-state index contributed by atoms with van der Waals surface area (Å²) in [6, 6.07) is 28.5. The second-order valence-electron chi connectivity index (χ2n) is 8.58. The van der Waals surface area contributed by atoms with Crippen molar-refractivity contribution in [2.75, 3.05) is 11.5 Å². The van der Waals surface area contributed by atoms with E-state index in [-0.39, 0.29) is 0 Å². The van der Waals surface area contributed by atoms with Crippen LogP contribution in [0.5, 0.6) is 0 Å². The zero-order valence-corrected chi connectivity index (χ0v) is 18.7. The van der Waals surface area contributed by atoms with Gasteiger partial charge in [-0.25, -0.2) is 9.35 Å². The molecular formula is C28H21N7. The number of hydrogen-bond acceptors (Lipinski definition) is 4. The molecule has 0 aliphatic heterocycles. The van der Waals surface area contributed by atoms with E-state index < -0.39 is 0 Å². The van der Waals surface area contributed by atoms with Crippen LogP contribution in [-0.2, 0) is 0 Å². The summed E-state index contributed by atoms with van der Waals surface area (Å²) in [4.78, 5) is 3.12. The van der Waals surface area contributed by atoms with Crippen LogP contribution in [0.2, 0.25) is 0 Å². The van der Waals surface area contributed by atoms with Crippen LogP contribution in [0.1, 0.15) is 22.3 Å². The first kappa shape index (κ1) is 19.4. The number of nitrogens with two attached hydrogens (primary N) is 2. The Morgan fingerprint density at radius 1 is 0.543 bits per heavy atom. The third kappa shape index (κ3) is 2.85. The predicted molar refractivity (Wildman–Crippen MR) is 142 cm³/mol. The van der Waals surface area contributed by atoms with Crippen molar-refractivity contribution in [1.29, 1.82) is 0 Å². The van der Waals surface area contributed by atoms with Gasteiger partial charge < -0.3 is 16.5 Å². The van der Waals surface area contributed by atoms with Crippen molar-refractivity contribution in [3.8, 4) is 0 Å². The Morgan fingerprint density at radius 3 is 1.46 bits per heavy atom. The standard InChI is InChI=1S/C28H21N7/c29-27-23-24(28(30)31-27)26(33-35-16-14-18-8-2-6-12-22(18)35)20-10-4-3-9-19(20)25(23)32-34-15-13-17-7-1-5-11-21(17)34/h1-16,31H,29-30H2/b32-25-,33-26+. The van der Waals surface area contributed by atoms with E-state index in [1.807, 2.05) is 82.4 Å². The number of hydrogen-bond donors (Lipinski definition) is 3. The monoisotopic (exact) mass is 455 g/mol. The molecule has 1 aliphatic carbocycles. The van der Waals surface area contributed by atoms with E-state index in [1.165, 1.54) is 0 Å². The molecule has 1 aliphatic rings. The normalized spacial score (nSPS) is 15.2. The Hall–Kier alpha value is -5.04. The molecule has 0 unspecified atom stereocenters. The maximum Gasteiger partial charge on any atom is 0.112 e. The minimum atomic E-state index is 0.465. The van der Waals surface area contributed by atoms with E-state index in [0.717, 1.165) is 55.5 Å². The molecule has 0 atom stereocenters. The lowest BCUT2D eigenvalue weighted by Gasteiger charge is -2.21. The molecule has 0 spiro atoms. The number of aromatic nitrogens is 3. The van der Waals surface area contributed by atoms with Crippen LogP contribution in [0.4, 0.5) is 11.6 Å². The van der Waals surface area contributed by atoms with Gasteiger partial charge in [0.05, 0.1) is 22.2 Å². The fourth-order valence-corrected chi connectivity index (χ4v) is 4.93. The Kier molecular flexibility index (Phi) is 4.01. The number of fused-ring (bicyclic) bond motifs is 4. The zero-order chi connectivity index (χ0) is 23.5. The molecular weight excluding hydrogens is 434 g/mol. The van der Waals surface area contributed by atoms with Crippen molar-refractivity contribution in [3.05, 3.63) is 120 Å². The van der Waals surface area contributed by atoms with Gasteiger partial charge in [-0.1, -0.05) is 60.7 Å². The third-order valence-corrected chi connectivity index (χ3v) is 6.54. The number of H-pyrrole nitrogens is 1. The molecule has 7 rings (SSSR count). The molecule has 7 nitrogen and oxygen atoms in total. The maximum absolute atomic E-state index is 6.49. The average Bonchev–Trinajstić information content (AvgIpc) is 3.57. The Bertz CT molecular complexity index is 1700. The highest BCUT2D eigenvalue weighted by Crippen LogP contribution is 2.36. The molecule has 6 aromatic rings. The van der Waals surface area contributed by atoms with Crippen molar-refractivity contribution in [2.45, 2.75) is 0 Å². The molecule has 0 bridgehead atoms. The third-order valence-electron chi connectivity index (χ3n) is 6.54. The summed E-state index contributed by atoms with van der Waals surface area (Å²) >= 11 is 0. The number of nitrogens with one attached hydrogen (secondary N) is 1. The summed E-state index contributed by atoms with van der Waals surface area (Å²) in [5.41, 5.74) is 19.9. The smallest absolute Gasteiger partial charge is 0.112 e. The molecule has 0 saturated heterocycles. The molecule has 35 heavy (non-hydrogen) atoms. The van der Waals surface area contributed by atoms with E-state index >= 15 is 0 Å². The Morgan fingerprint density at radius 2 is 0.971 bits per heavy atom. The highest BCUT2D eigenvalue weighted by molar-refractivity contribution is 6.34. The number of aromatic amines is 1. The van der Waals surface area contributed by atoms with Crippen molar-refractivity contribution >= 4 is 44.9 Å². The van der Waals surface area contributed by atoms with Gasteiger partial charge in [0.15, 0.2) is 0 Å². The second-order valence-corrected chi connectivity index (χ2v) is 8.58. The predicted octanol–water partition coefficient (Wildman–Crippen LogP) is 5.00. The fraction of sp³-hybridized carbons (Fsp3) is 0. The first-order valence-corrected chi connectivity index (χ1v) is 11.4. The van der Waals surface area contributed by atoms with E-state index in [1.54, 1.807) is 0 Å². The number of rotatable bonds is 2. The summed E-state index contributed by atoms with van der Waals surface area (Å²) in [5.74, 6) is 0.930. The van der Waals surface area contributed by atoms with E-state index in [0.29, 0.717) is 11.6 Å². The topological polar surface area (TPSA) is 102 Å². The summed E-state index contributed by atoms with van der Waals surface area (Å²) < 4.78 is 3.77. The largest absolute Gasteiger partial charge is 0.385 e. The molecule has 0 radical (unpaired) electrons. The zero-order valence-electron chi connectivity index (χ0n) is 18.7.